The molecule has 1 N–H and O–H groups in total. The molecule has 11 heteroatoms. The number of imidazole rings is 1. The highest BCUT2D eigenvalue weighted by atomic mass is 32.2. The number of thioether (sulfide) groups is 1. The third kappa shape index (κ3) is 5.22. The largest absolute Gasteiger partial charge is 0.743 e. The Morgan fingerprint density at radius 3 is 2.09 bits per heavy atom. The van der Waals surface area contributed by atoms with Crippen molar-refractivity contribution in [3.63, 3.8) is 0 Å². The molecule has 0 amide bonds. The number of hydrogen-bond acceptors (Lipinski definition) is 4. The van der Waals surface area contributed by atoms with Crippen LogP contribution in [0.4, 0.5) is 17.6 Å². The van der Waals surface area contributed by atoms with Crippen molar-refractivity contribution in [3.8, 4) is 0 Å². The number of rotatable bonds is 4. The predicted molar refractivity (Wildman–Crippen MR) is 73.9 cm³/mol. The van der Waals surface area contributed by atoms with Gasteiger partial charge in [0.25, 0.3) is 0 Å². The minimum absolute atomic E-state index is 0.277. The summed E-state index contributed by atoms with van der Waals surface area (Å²) in [5.41, 5.74) is 0. The molecule has 5 nitrogen and oxygen atoms in total. The van der Waals surface area contributed by atoms with Crippen LogP contribution in [0.3, 0.4) is 0 Å². The summed E-state index contributed by atoms with van der Waals surface area (Å²) in [5, 5.41) is -10.7. The van der Waals surface area contributed by atoms with E-state index in [0.29, 0.717) is 0 Å². The van der Waals surface area contributed by atoms with E-state index in [-0.39, 0.29) is 4.90 Å². The number of halogens is 4. The Bertz CT molecular complexity index is 707. The highest BCUT2D eigenvalue weighted by Gasteiger charge is 2.62. The number of hydrogen-bond donors (Lipinski definition) is 1. The summed E-state index contributed by atoms with van der Waals surface area (Å²) in [6.07, 6.45) is 5.69. The highest BCUT2D eigenvalue weighted by molar-refractivity contribution is 8.01. The average molecular weight is 372 g/mol. The van der Waals surface area contributed by atoms with E-state index in [1.54, 1.807) is 0 Å². The number of aryl methyl sites for hydroxylation is 1. The summed E-state index contributed by atoms with van der Waals surface area (Å²) in [4.78, 5) is 2.62. The molecule has 0 unspecified atom stereocenters. The topological polar surface area (TPSA) is 76.9 Å². The van der Waals surface area contributed by atoms with Gasteiger partial charge in [-0.15, -0.1) is 0 Å². The Morgan fingerprint density at radius 2 is 1.74 bits per heavy atom. The minimum atomic E-state index is -6.43. The highest BCUT2D eigenvalue weighted by Crippen LogP contribution is 2.48. The van der Waals surface area contributed by atoms with Gasteiger partial charge < -0.3 is 4.55 Å². The zero-order valence-electron chi connectivity index (χ0n) is 11.6. The van der Waals surface area contributed by atoms with Crippen LogP contribution in [0, 0.1) is 0 Å². The molecular weight excluding hydrogens is 360 g/mol. The van der Waals surface area contributed by atoms with Crippen LogP contribution >= 0.6 is 11.8 Å². The van der Waals surface area contributed by atoms with Crippen molar-refractivity contribution in [1.29, 1.82) is 0 Å². The lowest BCUT2D eigenvalue weighted by atomic mass is 10.4. The smallest absolute Gasteiger partial charge is 0.406 e. The zero-order chi connectivity index (χ0) is 17.7. The first-order valence-corrected chi connectivity index (χ1v) is 8.13. The maximum atomic E-state index is 13.0. The van der Waals surface area contributed by atoms with E-state index in [0.717, 1.165) is 12.1 Å². The van der Waals surface area contributed by atoms with Gasteiger partial charge in [0.15, 0.2) is 10.1 Å². The number of benzene rings is 1. The van der Waals surface area contributed by atoms with Crippen LogP contribution < -0.4 is 4.57 Å². The predicted octanol–water partition coefficient (Wildman–Crippen LogP) is 2.35. The molecule has 0 bridgehead atoms. The second-order valence-electron chi connectivity index (χ2n) is 4.18. The summed E-state index contributed by atoms with van der Waals surface area (Å²) < 4.78 is 83.7. The molecule has 0 saturated carbocycles. The van der Waals surface area contributed by atoms with Crippen molar-refractivity contribution in [3.05, 3.63) is 49.1 Å². The molecule has 0 aliphatic carbocycles. The fourth-order valence-electron chi connectivity index (χ4n) is 1.21. The molecule has 1 aromatic heterocycles. The van der Waals surface area contributed by atoms with Gasteiger partial charge in [0.05, 0.1) is 7.05 Å². The number of H-pyrrole nitrogens is 1. The van der Waals surface area contributed by atoms with E-state index in [4.69, 9.17) is 0 Å². The van der Waals surface area contributed by atoms with Crippen LogP contribution in [0.5, 0.6) is 0 Å². The summed E-state index contributed by atoms with van der Waals surface area (Å²) in [5.74, 6) is 0. The Hall–Kier alpha value is -1.59. The third-order valence-electron chi connectivity index (χ3n) is 2.33. The SMILES string of the molecule is C[n+]1cc[nH]c1.O=S(=O)([O-])C(F)(F)C(F)(F)Sc1ccccc1. The minimum Gasteiger partial charge on any atom is -0.743 e. The molecule has 0 saturated heterocycles. The average Bonchev–Trinajstić information content (AvgIpc) is 2.90. The fourth-order valence-corrected chi connectivity index (χ4v) is 2.64. The van der Waals surface area contributed by atoms with Crippen LogP contribution in [0.15, 0.2) is 53.9 Å². The van der Waals surface area contributed by atoms with Gasteiger partial charge in [0.2, 0.25) is 6.33 Å². The first-order chi connectivity index (χ1) is 10.5. The van der Waals surface area contributed by atoms with Gasteiger partial charge >= 0.3 is 10.5 Å². The maximum absolute atomic E-state index is 13.0. The van der Waals surface area contributed by atoms with Gasteiger partial charge in [-0.05, 0) is 23.9 Å². The van der Waals surface area contributed by atoms with Crippen molar-refractivity contribution in [2.45, 2.75) is 15.4 Å². The first kappa shape index (κ1) is 19.5. The second kappa shape index (κ2) is 7.32. The molecule has 2 rings (SSSR count). The van der Waals surface area contributed by atoms with Gasteiger partial charge in [0, 0.05) is 4.90 Å². The molecule has 1 aromatic carbocycles. The molecule has 0 radical (unpaired) electrons. The van der Waals surface area contributed by atoms with E-state index < -0.39 is 32.4 Å². The maximum Gasteiger partial charge on any atom is 0.406 e. The molecule has 0 atom stereocenters. The van der Waals surface area contributed by atoms with Crippen LogP contribution in [0.1, 0.15) is 0 Å². The summed E-state index contributed by atoms with van der Waals surface area (Å²) in [6.45, 7) is 0. The third-order valence-corrected chi connectivity index (χ3v) is 4.36. The van der Waals surface area contributed by atoms with Gasteiger partial charge in [-0.25, -0.2) is 13.0 Å². The van der Waals surface area contributed by atoms with E-state index in [9.17, 15) is 30.5 Å². The Labute approximate surface area is 134 Å². The molecule has 1 heterocycles. The molecular formula is C12H12F4N2O3S2. The number of nitrogens with zero attached hydrogens (tertiary/aromatic N) is 1. The fraction of sp³-hybridized carbons (Fsp3) is 0.250. The molecule has 23 heavy (non-hydrogen) atoms. The lowest BCUT2D eigenvalue weighted by molar-refractivity contribution is -0.670. The van der Waals surface area contributed by atoms with Crippen LogP contribution in [-0.4, -0.2) is 28.5 Å². The van der Waals surface area contributed by atoms with E-state index in [1.165, 1.54) is 18.2 Å². The van der Waals surface area contributed by atoms with Crippen molar-refractivity contribution in [1.82, 2.24) is 4.98 Å². The van der Waals surface area contributed by atoms with Crippen LogP contribution in [0.2, 0.25) is 0 Å². The molecule has 2 aromatic rings. The van der Waals surface area contributed by atoms with Crippen molar-refractivity contribution in [2.24, 2.45) is 7.05 Å². The quantitative estimate of drug-likeness (QED) is 0.387. The van der Waals surface area contributed by atoms with Crippen LogP contribution in [-0.2, 0) is 17.2 Å². The van der Waals surface area contributed by atoms with Gasteiger partial charge in [-0.1, -0.05) is 18.2 Å². The van der Waals surface area contributed by atoms with Crippen LogP contribution in [0.25, 0.3) is 0 Å². The standard InChI is InChI=1S/C8H6F4O3S2.C4H6N2/c9-7(10,8(11,12)17(13,14)15)16-6-4-2-1-3-5-6;1-6-3-2-5-4-6/h1-5H,(H,13,14,15);2-4H,1H3. The monoisotopic (exact) mass is 372 g/mol. The van der Waals surface area contributed by atoms with Crippen molar-refractivity contribution in [2.75, 3.05) is 0 Å². The summed E-state index contributed by atoms with van der Waals surface area (Å²) in [7, 11) is -4.47. The van der Waals surface area contributed by atoms with Crippen molar-refractivity contribution < 1.29 is 35.1 Å². The second-order valence-corrected chi connectivity index (χ2v) is 6.79. The number of aromatic nitrogens is 2. The van der Waals surface area contributed by atoms with Gasteiger partial charge in [0.1, 0.15) is 12.4 Å². The van der Waals surface area contributed by atoms with Gasteiger partial charge in [-0.2, -0.15) is 17.6 Å². The Morgan fingerprint density at radius 1 is 1.17 bits per heavy atom. The van der Waals surface area contributed by atoms with E-state index in [2.05, 4.69) is 4.98 Å². The zero-order valence-corrected chi connectivity index (χ0v) is 13.3. The Balaban J connectivity index is 0.000000366. The molecule has 0 fully saturated rings. The lowest BCUT2D eigenvalue weighted by Crippen LogP contribution is -2.44. The molecule has 0 aliphatic rings. The lowest BCUT2D eigenvalue weighted by Gasteiger charge is -2.27. The van der Waals surface area contributed by atoms with Gasteiger partial charge in [-0.3, -0.25) is 4.98 Å². The first-order valence-electron chi connectivity index (χ1n) is 5.90. The van der Waals surface area contributed by atoms with E-state index in [1.807, 2.05) is 30.3 Å². The van der Waals surface area contributed by atoms with Crippen molar-refractivity contribution >= 4 is 21.9 Å². The normalized spacial score (nSPS) is 12.4. The summed E-state index contributed by atoms with van der Waals surface area (Å²) in [6, 6.07) is 6.26. The Kier molecular flexibility index (Phi) is 6.19. The molecule has 0 spiro atoms. The number of aromatic amines is 1. The number of nitrogens with one attached hydrogen (secondary N) is 1. The molecule has 0 aliphatic heterocycles. The summed E-state index contributed by atoms with van der Waals surface area (Å²) >= 11 is -0.683. The van der Waals surface area contributed by atoms with E-state index >= 15 is 0 Å². The number of alkyl halides is 4. The molecule has 128 valence electrons.